The molecule has 2 aromatic carbocycles. The van der Waals surface area contributed by atoms with Crippen LogP contribution in [-0.4, -0.2) is 25.9 Å². The molecule has 0 fully saturated rings. The van der Waals surface area contributed by atoms with Crippen LogP contribution in [-0.2, 0) is 10.5 Å². The SMILES string of the molecule is COc1ccc(NC(=O)CSCc2cccc(Cl)c2)c(OC)c1. The number of rotatable bonds is 7. The van der Waals surface area contributed by atoms with Gasteiger partial charge in [-0.1, -0.05) is 23.7 Å². The van der Waals surface area contributed by atoms with Crippen molar-refractivity contribution in [2.45, 2.75) is 5.75 Å². The van der Waals surface area contributed by atoms with E-state index < -0.39 is 0 Å². The van der Waals surface area contributed by atoms with Gasteiger partial charge in [0.25, 0.3) is 0 Å². The quantitative estimate of drug-likeness (QED) is 0.811. The van der Waals surface area contributed by atoms with Gasteiger partial charge < -0.3 is 14.8 Å². The minimum Gasteiger partial charge on any atom is -0.497 e. The van der Waals surface area contributed by atoms with Crippen LogP contribution < -0.4 is 14.8 Å². The molecule has 2 rings (SSSR count). The second kappa shape index (κ2) is 8.70. The Morgan fingerprint density at radius 3 is 2.70 bits per heavy atom. The highest BCUT2D eigenvalue weighted by atomic mass is 35.5. The minimum absolute atomic E-state index is 0.0829. The van der Waals surface area contributed by atoms with E-state index in [0.717, 1.165) is 11.3 Å². The number of anilines is 1. The monoisotopic (exact) mass is 351 g/mol. The lowest BCUT2D eigenvalue weighted by Gasteiger charge is -2.11. The highest BCUT2D eigenvalue weighted by Crippen LogP contribution is 2.29. The Kier molecular flexibility index (Phi) is 6.62. The number of halogens is 1. The molecular formula is C17H18ClNO3S. The number of amides is 1. The van der Waals surface area contributed by atoms with Gasteiger partial charge in [-0.05, 0) is 29.8 Å². The van der Waals surface area contributed by atoms with Crippen molar-refractivity contribution in [3.05, 3.63) is 53.1 Å². The number of nitrogens with one attached hydrogen (secondary N) is 1. The van der Waals surface area contributed by atoms with Crippen molar-refractivity contribution in [2.24, 2.45) is 0 Å². The van der Waals surface area contributed by atoms with Crippen LogP contribution in [0.4, 0.5) is 5.69 Å². The van der Waals surface area contributed by atoms with Crippen LogP contribution in [0.15, 0.2) is 42.5 Å². The molecule has 0 saturated heterocycles. The van der Waals surface area contributed by atoms with E-state index in [-0.39, 0.29) is 5.91 Å². The molecule has 0 spiro atoms. The summed E-state index contributed by atoms with van der Waals surface area (Å²) in [6, 6.07) is 12.9. The van der Waals surface area contributed by atoms with E-state index in [9.17, 15) is 4.79 Å². The van der Waals surface area contributed by atoms with Gasteiger partial charge in [-0.15, -0.1) is 11.8 Å². The van der Waals surface area contributed by atoms with Crippen molar-refractivity contribution < 1.29 is 14.3 Å². The van der Waals surface area contributed by atoms with Crippen LogP contribution >= 0.6 is 23.4 Å². The maximum atomic E-state index is 12.0. The molecule has 0 radical (unpaired) electrons. The molecule has 0 atom stereocenters. The van der Waals surface area contributed by atoms with Gasteiger partial charge in [0.05, 0.1) is 25.7 Å². The molecule has 0 aromatic heterocycles. The summed E-state index contributed by atoms with van der Waals surface area (Å²) in [5, 5.41) is 3.55. The molecule has 6 heteroatoms. The zero-order valence-corrected chi connectivity index (χ0v) is 14.5. The Balaban J connectivity index is 1.87. The van der Waals surface area contributed by atoms with Crippen LogP contribution in [0, 0.1) is 0 Å². The number of hydrogen-bond donors (Lipinski definition) is 1. The number of ether oxygens (including phenoxy) is 2. The molecule has 2 aromatic rings. The van der Waals surface area contributed by atoms with Crippen molar-refractivity contribution >= 4 is 35.0 Å². The number of methoxy groups -OCH3 is 2. The summed E-state index contributed by atoms with van der Waals surface area (Å²) in [4.78, 5) is 12.0. The highest BCUT2D eigenvalue weighted by molar-refractivity contribution is 7.99. The van der Waals surface area contributed by atoms with Gasteiger partial charge in [0, 0.05) is 16.8 Å². The summed E-state index contributed by atoms with van der Waals surface area (Å²) in [7, 11) is 3.14. The lowest BCUT2D eigenvalue weighted by molar-refractivity contribution is -0.113. The number of hydrogen-bond acceptors (Lipinski definition) is 4. The van der Waals surface area contributed by atoms with E-state index in [0.29, 0.717) is 28.0 Å². The fourth-order valence-corrected chi connectivity index (χ4v) is 2.96. The Bertz CT molecular complexity index is 679. The molecule has 122 valence electrons. The maximum Gasteiger partial charge on any atom is 0.234 e. The Morgan fingerprint density at radius 2 is 2.00 bits per heavy atom. The van der Waals surface area contributed by atoms with Gasteiger partial charge in [-0.2, -0.15) is 0 Å². The van der Waals surface area contributed by atoms with Gasteiger partial charge in [-0.25, -0.2) is 0 Å². The smallest absolute Gasteiger partial charge is 0.234 e. The fourth-order valence-electron chi connectivity index (χ4n) is 1.98. The molecule has 4 nitrogen and oxygen atoms in total. The third-order valence-corrected chi connectivity index (χ3v) is 4.31. The van der Waals surface area contributed by atoms with E-state index in [4.69, 9.17) is 21.1 Å². The molecule has 0 aliphatic heterocycles. The summed E-state index contributed by atoms with van der Waals surface area (Å²) in [5.41, 5.74) is 1.72. The summed E-state index contributed by atoms with van der Waals surface area (Å²) in [6.45, 7) is 0. The van der Waals surface area contributed by atoms with Gasteiger partial charge >= 0.3 is 0 Å². The number of carbonyl (C=O) groups is 1. The largest absolute Gasteiger partial charge is 0.497 e. The molecule has 0 aliphatic rings. The molecule has 23 heavy (non-hydrogen) atoms. The molecule has 0 unspecified atom stereocenters. The Morgan fingerprint density at radius 1 is 1.17 bits per heavy atom. The van der Waals surface area contributed by atoms with Crippen molar-refractivity contribution in [1.29, 1.82) is 0 Å². The summed E-state index contributed by atoms with van der Waals surface area (Å²) < 4.78 is 10.4. The number of benzene rings is 2. The maximum absolute atomic E-state index is 12.0. The van der Waals surface area contributed by atoms with Crippen LogP contribution in [0.25, 0.3) is 0 Å². The zero-order chi connectivity index (χ0) is 16.7. The lowest BCUT2D eigenvalue weighted by Crippen LogP contribution is -2.14. The second-order valence-electron chi connectivity index (χ2n) is 4.74. The average Bonchev–Trinajstić information content (AvgIpc) is 2.55. The van der Waals surface area contributed by atoms with Crippen molar-refractivity contribution in [3.63, 3.8) is 0 Å². The van der Waals surface area contributed by atoms with Gasteiger partial charge in [0.2, 0.25) is 5.91 Å². The van der Waals surface area contributed by atoms with Crippen molar-refractivity contribution in [2.75, 3.05) is 25.3 Å². The Labute approximate surface area is 145 Å². The first-order valence-corrected chi connectivity index (χ1v) is 8.49. The van der Waals surface area contributed by atoms with Crippen molar-refractivity contribution in [3.8, 4) is 11.5 Å². The molecule has 1 amide bonds. The first-order chi connectivity index (χ1) is 11.1. The lowest BCUT2D eigenvalue weighted by atomic mass is 10.2. The van der Waals surface area contributed by atoms with E-state index in [1.165, 1.54) is 11.8 Å². The molecule has 0 heterocycles. The Hall–Kier alpha value is -1.85. The summed E-state index contributed by atoms with van der Waals surface area (Å²) in [5.74, 6) is 2.24. The predicted molar refractivity (Wildman–Crippen MR) is 95.8 cm³/mol. The molecule has 0 aliphatic carbocycles. The summed E-state index contributed by atoms with van der Waals surface area (Å²) >= 11 is 7.47. The molecule has 0 saturated carbocycles. The molecular weight excluding hydrogens is 334 g/mol. The van der Waals surface area contributed by atoms with Crippen LogP contribution in [0.1, 0.15) is 5.56 Å². The number of carbonyl (C=O) groups excluding carboxylic acids is 1. The normalized spacial score (nSPS) is 10.2. The van der Waals surface area contributed by atoms with Crippen LogP contribution in [0.2, 0.25) is 5.02 Å². The summed E-state index contributed by atoms with van der Waals surface area (Å²) in [6.07, 6.45) is 0. The van der Waals surface area contributed by atoms with Gasteiger partial charge in [-0.3, -0.25) is 4.79 Å². The molecule has 0 bridgehead atoms. The standard InChI is InChI=1S/C17H18ClNO3S/c1-21-14-6-7-15(16(9-14)22-2)19-17(20)11-23-10-12-4-3-5-13(18)8-12/h3-9H,10-11H2,1-2H3,(H,19,20). The van der Waals surface area contributed by atoms with E-state index >= 15 is 0 Å². The average molecular weight is 352 g/mol. The van der Waals surface area contributed by atoms with Crippen LogP contribution in [0.5, 0.6) is 11.5 Å². The second-order valence-corrected chi connectivity index (χ2v) is 6.16. The third-order valence-electron chi connectivity index (χ3n) is 3.07. The van der Waals surface area contributed by atoms with Crippen LogP contribution in [0.3, 0.4) is 0 Å². The predicted octanol–water partition coefficient (Wildman–Crippen LogP) is 4.23. The minimum atomic E-state index is -0.0829. The van der Waals surface area contributed by atoms with E-state index in [1.54, 1.807) is 32.4 Å². The fraction of sp³-hybridized carbons (Fsp3) is 0.235. The van der Waals surface area contributed by atoms with Gasteiger partial charge in [0.15, 0.2) is 0 Å². The third kappa shape index (κ3) is 5.37. The first-order valence-electron chi connectivity index (χ1n) is 6.96. The topological polar surface area (TPSA) is 47.6 Å². The van der Waals surface area contributed by atoms with E-state index in [1.807, 2.05) is 24.3 Å². The highest BCUT2D eigenvalue weighted by Gasteiger charge is 2.09. The zero-order valence-electron chi connectivity index (χ0n) is 13.0. The number of thioether (sulfide) groups is 1. The molecule has 1 N–H and O–H groups in total. The first kappa shape index (κ1) is 17.5. The van der Waals surface area contributed by atoms with Gasteiger partial charge in [0.1, 0.15) is 11.5 Å². The van der Waals surface area contributed by atoms with E-state index in [2.05, 4.69) is 5.32 Å². The van der Waals surface area contributed by atoms with Crippen molar-refractivity contribution in [1.82, 2.24) is 0 Å².